The zero-order valence-corrected chi connectivity index (χ0v) is 17.3. The van der Waals surface area contributed by atoms with Crippen LogP contribution in [0.5, 0.6) is 5.75 Å². The summed E-state index contributed by atoms with van der Waals surface area (Å²) in [5.74, 6) is 0.259. The van der Waals surface area contributed by atoms with E-state index < -0.39 is 10.0 Å². The van der Waals surface area contributed by atoms with E-state index in [4.69, 9.17) is 16.3 Å². The first-order valence-electron chi connectivity index (χ1n) is 8.24. The maximum atomic E-state index is 12.5. The lowest BCUT2D eigenvalue weighted by Crippen LogP contribution is -2.26. The van der Waals surface area contributed by atoms with Crippen molar-refractivity contribution in [2.75, 3.05) is 13.7 Å². The van der Waals surface area contributed by atoms with Crippen molar-refractivity contribution in [1.82, 2.24) is 9.71 Å². The molecule has 1 N–H and O–H groups in total. The van der Waals surface area contributed by atoms with Crippen molar-refractivity contribution >= 4 is 33.0 Å². The third-order valence-corrected chi connectivity index (χ3v) is 6.48. The first-order chi connectivity index (χ1) is 12.9. The van der Waals surface area contributed by atoms with Gasteiger partial charge in [0.25, 0.3) is 0 Å². The number of halogens is 1. The number of hydrogen-bond donors (Lipinski definition) is 1. The van der Waals surface area contributed by atoms with Crippen LogP contribution in [0.4, 0.5) is 0 Å². The smallest absolute Gasteiger partial charge is 0.244 e. The molecule has 27 heavy (non-hydrogen) atoms. The summed E-state index contributed by atoms with van der Waals surface area (Å²) in [6.07, 6.45) is 0.568. The highest BCUT2D eigenvalue weighted by atomic mass is 35.5. The summed E-state index contributed by atoms with van der Waals surface area (Å²) in [7, 11) is -2.29. The third-order valence-electron chi connectivity index (χ3n) is 3.99. The van der Waals surface area contributed by atoms with Gasteiger partial charge in [-0.3, -0.25) is 0 Å². The van der Waals surface area contributed by atoms with E-state index in [0.717, 1.165) is 21.8 Å². The van der Waals surface area contributed by atoms with Crippen LogP contribution >= 0.6 is 22.9 Å². The van der Waals surface area contributed by atoms with Gasteiger partial charge in [0, 0.05) is 22.5 Å². The second kappa shape index (κ2) is 8.39. The Hall–Kier alpha value is -1.93. The van der Waals surface area contributed by atoms with Gasteiger partial charge >= 0.3 is 0 Å². The van der Waals surface area contributed by atoms with E-state index in [0.29, 0.717) is 11.4 Å². The quantitative estimate of drug-likeness (QED) is 0.616. The highest BCUT2D eigenvalue weighted by Crippen LogP contribution is 2.27. The van der Waals surface area contributed by atoms with Gasteiger partial charge in [0.15, 0.2) is 0 Å². The normalized spacial score (nSPS) is 11.5. The lowest BCUT2D eigenvalue weighted by atomic mass is 10.1. The molecular formula is C19H19ClN2O3S2. The predicted molar refractivity (Wildman–Crippen MR) is 109 cm³/mol. The van der Waals surface area contributed by atoms with Crippen LogP contribution < -0.4 is 9.46 Å². The van der Waals surface area contributed by atoms with Gasteiger partial charge in [-0.15, -0.1) is 11.3 Å². The van der Waals surface area contributed by atoms with Gasteiger partial charge in [-0.05, 0) is 37.1 Å². The van der Waals surface area contributed by atoms with Crippen LogP contribution in [0.25, 0.3) is 11.3 Å². The number of methoxy groups -OCH3 is 1. The second-order valence-corrected chi connectivity index (χ2v) is 9.13. The minimum Gasteiger partial charge on any atom is -0.495 e. The Labute approximate surface area is 168 Å². The molecule has 142 valence electrons. The number of thiazole rings is 1. The minimum absolute atomic E-state index is 0.0340. The van der Waals surface area contributed by atoms with Crippen LogP contribution in [0.15, 0.2) is 52.7 Å². The topological polar surface area (TPSA) is 68.3 Å². The van der Waals surface area contributed by atoms with E-state index in [2.05, 4.69) is 9.71 Å². The molecule has 0 unspecified atom stereocenters. The zero-order chi connectivity index (χ0) is 19.4. The largest absolute Gasteiger partial charge is 0.495 e. The van der Waals surface area contributed by atoms with E-state index in [1.165, 1.54) is 19.2 Å². The summed E-state index contributed by atoms with van der Waals surface area (Å²) >= 11 is 7.54. The molecule has 0 saturated carbocycles. The monoisotopic (exact) mass is 422 g/mol. The Morgan fingerprint density at radius 3 is 2.56 bits per heavy atom. The van der Waals surface area contributed by atoms with Crippen molar-refractivity contribution in [3.05, 3.63) is 63.4 Å². The molecule has 0 saturated heterocycles. The Kier molecular flexibility index (Phi) is 6.16. The van der Waals surface area contributed by atoms with Crippen LogP contribution in [0.3, 0.4) is 0 Å². The van der Waals surface area contributed by atoms with Gasteiger partial charge in [0.2, 0.25) is 10.0 Å². The molecule has 1 aromatic heterocycles. The van der Waals surface area contributed by atoms with E-state index >= 15 is 0 Å². The number of nitrogens with one attached hydrogen (secondary N) is 1. The van der Waals surface area contributed by atoms with Crippen LogP contribution in [0, 0.1) is 6.92 Å². The van der Waals surface area contributed by atoms with Crippen molar-refractivity contribution < 1.29 is 13.2 Å². The maximum absolute atomic E-state index is 12.5. The minimum atomic E-state index is -3.71. The molecule has 0 aliphatic rings. The number of ether oxygens (including phenoxy) is 1. The standard InChI is InChI=1S/C19H19ClN2O3S2/c1-13-22-17(12-26-13)15-5-3-14(4-6-15)9-10-21-27(23,24)19-11-16(20)7-8-18(19)25-2/h3-8,11-12,21H,9-10H2,1-2H3. The number of aromatic nitrogens is 1. The fraction of sp³-hybridized carbons (Fsp3) is 0.211. The highest BCUT2D eigenvalue weighted by Gasteiger charge is 2.19. The van der Waals surface area contributed by atoms with Crippen LogP contribution in [0.1, 0.15) is 10.6 Å². The van der Waals surface area contributed by atoms with Crippen molar-refractivity contribution in [3.63, 3.8) is 0 Å². The van der Waals surface area contributed by atoms with Gasteiger partial charge in [0.05, 0.1) is 17.8 Å². The molecule has 3 aromatic rings. The van der Waals surface area contributed by atoms with Crippen molar-refractivity contribution in [1.29, 1.82) is 0 Å². The average Bonchev–Trinajstić information content (AvgIpc) is 3.08. The summed E-state index contributed by atoms with van der Waals surface area (Å²) in [4.78, 5) is 4.50. The van der Waals surface area contributed by atoms with Crippen molar-refractivity contribution in [2.24, 2.45) is 0 Å². The summed E-state index contributed by atoms with van der Waals surface area (Å²) in [5, 5.41) is 3.39. The van der Waals surface area contributed by atoms with Gasteiger partial charge in [0.1, 0.15) is 10.6 Å². The molecule has 2 aromatic carbocycles. The molecule has 0 atom stereocenters. The predicted octanol–water partition coefficient (Wildman–Crippen LogP) is 4.30. The lowest BCUT2D eigenvalue weighted by Gasteiger charge is -2.11. The molecule has 0 aliphatic carbocycles. The molecule has 5 nitrogen and oxygen atoms in total. The highest BCUT2D eigenvalue weighted by molar-refractivity contribution is 7.89. The first kappa shape index (κ1) is 19.8. The zero-order valence-electron chi connectivity index (χ0n) is 14.9. The van der Waals surface area contributed by atoms with Gasteiger partial charge in [-0.25, -0.2) is 18.1 Å². The Balaban J connectivity index is 1.65. The summed E-state index contributed by atoms with van der Waals surface area (Å²) in [6, 6.07) is 12.5. The number of nitrogens with zero attached hydrogens (tertiary/aromatic N) is 1. The molecule has 8 heteroatoms. The first-order valence-corrected chi connectivity index (χ1v) is 11.0. The number of sulfonamides is 1. The van der Waals surface area contributed by atoms with Crippen molar-refractivity contribution in [2.45, 2.75) is 18.2 Å². The number of aryl methyl sites for hydroxylation is 1. The molecule has 0 amide bonds. The van der Waals surface area contributed by atoms with Crippen LogP contribution in [-0.2, 0) is 16.4 Å². The van der Waals surface area contributed by atoms with Gasteiger partial charge in [-0.1, -0.05) is 35.9 Å². The Morgan fingerprint density at radius 1 is 1.19 bits per heavy atom. The fourth-order valence-electron chi connectivity index (χ4n) is 2.61. The molecule has 0 aliphatic heterocycles. The van der Waals surface area contributed by atoms with Crippen LogP contribution in [-0.4, -0.2) is 27.1 Å². The average molecular weight is 423 g/mol. The molecule has 1 heterocycles. The summed E-state index contributed by atoms with van der Waals surface area (Å²) < 4.78 is 32.8. The Morgan fingerprint density at radius 2 is 1.93 bits per heavy atom. The third kappa shape index (κ3) is 4.87. The number of benzene rings is 2. The van der Waals surface area contributed by atoms with E-state index in [1.54, 1.807) is 17.4 Å². The van der Waals surface area contributed by atoms with E-state index in [1.807, 2.05) is 36.6 Å². The molecule has 0 radical (unpaired) electrons. The number of rotatable bonds is 7. The molecule has 3 rings (SSSR count). The SMILES string of the molecule is COc1ccc(Cl)cc1S(=O)(=O)NCCc1ccc(-c2csc(C)n2)cc1. The van der Waals surface area contributed by atoms with E-state index in [-0.39, 0.29) is 17.2 Å². The molecule has 0 bridgehead atoms. The second-order valence-electron chi connectivity index (χ2n) is 5.89. The molecule has 0 fully saturated rings. The maximum Gasteiger partial charge on any atom is 0.244 e. The lowest BCUT2D eigenvalue weighted by molar-refractivity contribution is 0.402. The number of hydrogen-bond acceptors (Lipinski definition) is 5. The van der Waals surface area contributed by atoms with Crippen LogP contribution in [0.2, 0.25) is 5.02 Å². The van der Waals surface area contributed by atoms with Gasteiger partial charge < -0.3 is 4.74 Å². The Bertz CT molecular complexity index is 1030. The molecule has 0 spiro atoms. The summed E-state index contributed by atoms with van der Waals surface area (Å²) in [6.45, 7) is 2.25. The van der Waals surface area contributed by atoms with Gasteiger partial charge in [-0.2, -0.15) is 0 Å². The fourth-order valence-corrected chi connectivity index (χ4v) is 4.69. The van der Waals surface area contributed by atoms with Crippen molar-refractivity contribution in [3.8, 4) is 17.0 Å². The van der Waals surface area contributed by atoms with E-state index in [9.17, 15) is 8.42 Å². The summed E-state index contributed by atoms with van der Waals surface area (Å²) in [5.41, 5.74) is 3.04. The molecular weight excluding hydrogens is 404 g/mol.